The van der Waals surface area contributed by atoms with Crippen LogP contribution in [-0.4, -0.2) is 59.8 Å². The average Bonchev–Trinajstić information content (AvgIpc) is 2.37. The smallest absolute Gasteiger partial charge is 0.326 e. The molecule has 0 bridgehead atoms. The molecule has 0 radical (unpaired) electrons. The lowest BCUT2D eigenvalue weighted by atomic mass is 10.0. The van der Waals surface area contributed by atoms with Crippen LogP contribution in [-0.2, 0) is 14.3 Å². The molecule has 1 heterocycles. The first kappa shape index (κ1) is 16.2. The van der Waals surface area contributed by atoms with E-state index in [4.69, 9.17) is 15.6 Å². The van der Waals surface area contributed by atoms with Crippen molar-refractivity contribution >= 4 is 17.9 Å². The van der Waals surface area contributed by atoms with Crippen molar-refractivity contribution < 1.29 is 24.2 Å². The maximum Gasteiger partial charge on any atom is 0.326 e. The van der Waals surface area contributed by atoms with Gasteiger partial charge in [0.2, 0.25) is 5.91 Å². The van der Waals surface area contributed by atoms with E-state index in [1.165, 1.54) is 4.90 Å². The van der Waals surface area contributed by atoms with Crippen LogP contribution >= 0.6 is 0 Å². The molecule has 4 N–H and O–H groups in total. The van der Waals surface area contributed by atoms with E-state index in [2.05, 4.69) is 5.32 Å². The molecule has 1 rings (SSSR count). The molecule has 2 atom stereocenters. The van der Waals surface area contributed by atoms with E-state index in [1.807, 2.05) is 13.8 Å². The van der Waals surface area contributed by atoms with Crippen molar-refractivity contribution in [3.05, 3.63) is 0 Å². The number of primary amides is 1. The van der Waals surface area contributed by atoms with Gasteiger partial charge in [-0.25, -0.2) is 9.59 Å². The van der Waals surface area contributed by atoms with Gasteiger partial charge < -0.3 is 25.8 Å². The van der Waals surface area contributed by atoms with Crippen LogP contribution in [0.2, 0.25) is 0 Å². The largest absolute Gasteiger partial charge is 0.480 e. The number of hydrogen-bond donors (Lipinski definition) is 3. The van der Waals surface area contributed by atoms with Crippen LogP contribution in [0.3, 0.4) is 0 Å². The van der Waals surface area contributed by atoms with E-state index in [0.717, 1.165) is 0 Å². The van der Waals surface area contributed by atoms with Crippen LogP contribution in [0.1, 0.15) is 20.3 Å². The minimum atomic E-state index is -1.10. The number of rotatable bonds is 5. The van der Waals surface area contributed by atoms with Gasteiger partial charge in [-0.3, -0.25) is 4.79 Å². The molecule has 1 aliphatic heterocycles. The lowest BCUT2D eigenvalue weighted by Gasteiger charge is -2.34. The monoisotopic (exact) mass is 287 g/mol. The number of ether oxygens (including phenoxy) is 1. The van der Waals surface area contributed by atoms with Crippen LogP contribution in [0.25, 0.3) is 0 Å². The molecule has 1 aliphatic rings. The van der Waals surface area contributed by atoms with E-state index in [-0.39, 0.29) is 19.1 Å². The third-order valence-corrected chi connectivity index (χ3v) is 3.02. The summed E-state index contributed by atoms with van der Waals surface area (Å²) in [5.74, 6) is -1.65. The minimum absolute atomic E-state index is 0.0324. The molecule has 0 spiro atoms. The van der Waals surface area contributed by atoms with Gasteiger partial charge in [-0.15, -0.1) is 0 Å². The zero-order chi connectivity index (χ0) is 15.3. The highest BCUT2D eigenvalue weighted by Crippen LogP contribution is 2.10. The predicted octanol–water partition coefficient (Wildman–Crippen LogP) is -0.619. The second-order valence-corrected chi connectivity index (χ2v) is 5.16. The molecule has 3 amide bonds. The van der Waals surface area contributed by atoms with Crippen molar-refractivity contribution in [1.82, 2.24) is 10.2 Å². The fourth-order valence-electron chi connectivity index (χ4n) is 2.01. The van der Waals surface area contributed by atoms with Crippen molar-refractivity contribution in [1.29, 1.82) is 0 Å². The molecule has 1 saturated heterocycles. The first-order chi connectivity index (χ1) is 9.32. The van der Waals surface area contributed by atoms with Crippen LogP contribution in [0.5, 0.6) is 0 Å². The number of morpholine rings is 1. The topological polar surface area (TPSA) is 122 Å². The molecule has 1 fully saturated rings. The quantitative estimate of drug-likeness (QED) is 0.622. The molecular weight excluding hydrogens is 266 g/mol. The molecule has 0 aromatic heterocycles. The summed E-state index contributed by atoms with van der Waals surface area (Å²) < 4.78 is 5.10. The summed E-state index contributed by atoms with van der Waals surface area (Å²) >= 11 is 0. The Morgan fingerprint density at radius 1 is 1.45 bits per heavy atom. The molecule has 0 saturated carbocycles. The van der Waals surface area contributed by atoms with Crippen LogP contribution < -0.4 is 11.1 Å². The maximum atomic E-state index is 12.1. The molecule has 0 aromatic carbocycles. The number of carboxylic acid groups (broad SMARTS) is 1. The molecule has 0 aromatic rings. The number of aliphatic carboxylic acids is 1. The van der Waals surface area contributed by atoms with Gasteiger partial charge in [0, 0.05) is 6.54 Å². The van der Waals surface area contributed by atoms with Crippen molar-refractivity contribution in [3.63, 3.8) is 0 Å². The highest BCUT2D eigenvalue weighted by molar-refractivity contribution is 5.88. The number of carboxylic acids is 1. The third-order valence-electron chi connectivity index (χ3n) is 3.02. The summed E-state index contributed by atoms with van der Waals surface area (Å²) in [7, 11) is 0. The summed E-state index contributed by atoms with van der Waals surface area (Å²) in [5.41, 5.74) is 5.21. The Morgan fingerprint density at radius 2 is 2.10 bits per heavy atom. The first-order valence-corrected chi connectivity index (χ1v) is 6.50. The normalized spacial score (nSPS) is 20.6. The lowest BCUT2D eigenvalue weighted by molar-refractivity contribution is -0.139. The number of nitrogens with two attached hydrogens (primary N) is 1. The van der Waals surface area contributed by atoms with Crippen LogP contribution in [0.4, 0.5) is 4.79 Å². The molecule has 114 valence electrons. The van der Waals surface area contributed by atoms with Gasteiger partial charge in [0.1, 0.15) is 12.1 Å². The standard InChI is InChI=1S/C12H21N3O5/c1-7(2)5-8(11(17)18)14-12(19)15-3-4-20-6-9(15)10(13)16/h7-9H,3-6H2,1-2H3,(H2,13,16)(H,14,19)(H,17,18). The predicted molar refractivity (Wildman–Crippen MR) is 69.9 cm³/mol. The highest BCUT2D eigenvalue weighted by atomic mass is 16.5. The summed E-state index contributed by atoms with van der Waals surface area (Å²) in [6.07, 6.45) is 0.312. The number of amides is 3. The van der Waals surface area contributed by atoms with Crippen molar-refractivity contribution in [2.24, 2.45) is 11.7 Å². The van der Waals surface area contributed by atoms with Gasteiger partial charge in [0.15, 0.2) is 0 Å². The Kier molecular flexibility index (Phi) is 5.75. The molecular formula is C12H21N3O5. The second-order valence-electron chi connectivity index (χ2n) is 5.16. The zero-order valence-corrected chi connectivity index (χ0v) is 11.7. The molecule has 8 nitrogen and oxygen atoms in total. The Hall–Kier alpha value is -1.83. The second kappa shape index (κ2) is 7.09. The fraction of sp³-hybridized carbons (Fsp3) is 0.750. The number of urea groups is 1. The summed E-state index contributed by atoms with van der Waals surface area (Å²) in [5, 5.41) is 11.5. The Morgan fingerprint density at radius 3 is 2.60 bits per heavy atom. The molecule has 20 heavy (non-hydrogen) atoms. The van der Waals surface area contributed by atoms with Crippen molar-refractivity contribution in [2.75, 3.05) is 19.8 Å². The van der Waals surface area contributed by atoms with Gasteiger partial charge in [0.25, 0.3) is 0 Å². The maximum absolute atomic E-state index is 12.1. The van der Waals surface area contributed by atoms with E-state index in [0.29, 0.717) is 13.0 Å². The number of carbonyl (C=O) groups is 3. The van der Waals surface area contributed by atoms with E-state index < -0.39 is 30.0 Å². The van der Waals surface area contributed by atoms with E-state index in [9.17, 15) is 14.4 Å². The van der Waals surface area contributed by atoms with Gasteiger partial charge in [0.05, 0.1) is 13.2 Å². The van der Waals surface area contributed by atoms with Crippen molar-refractivity contribution in [2.45, 2.75) is 32.4 Å². The fourth-order valence-corrected chi connectivity index (χ4v) is 2.01. The van der Waals surface area contributed by atoms with Crippen LogP contribution in [0, 0.1) is 5.92 Å². The Bertz CT molecular complexity index is 385. The molecule has 0 aliphatic carbocycles. The number of nitrogens with one attached hydrogen (secondary N) is 1. The number of nitrogens with zero attached hydrogens (tertiary/aromatic N) is 1. The zero-order valence-electron chi connectivity index (χ0n) is 11.7. The number of carbonyl (C=O) groups excluding carboxylic acids is 2. The Labute approximate surface area is 117 Å². The van der Waals surface area contributed by atoms with Gasteiger partial charge in [-0.2, -0.15) is 0 Å². The SMILES string of the molecule is CC(C)CC(NC(=O)N1CCOCC1C(N)=O)C(=O)O. The van der Waals surface area contributed by atoms with Crippen molar-refractivity contribution in [3.8, 4) is 0 Å². The minimum Gasteiger partial charge on any atom is -0.480 e. The first-order valence-electron chi connectivity index (χ1n) is 6.50. The third kappa shape index (κ3) is 4.37. The number of hydrogen-bond acceptors (Lipinski definition) is 4. The summed E-state index contributed by atoms with van der Waals surface area (Å²) in [6.45, 7) is 4.25. The van der Waals surface area contributed by atoms with E-state index >= 15 is 0 Å². The van der Waals surface area contributed by atoms with Crippen LogP contribution in [0.15, 0.2) is 0 Å². The highest BCUT2D eigenvalue weighted by Gasteiger charge is 2.33. The molecule has 2 unspecified atom stereocenters. The van der Waals surface area contributed by atoms with Gasteiger partial charge >= 0.3 is 12.0 Å². The average molecular weight is 287 g/mol. The molecule has 8 heteroatoms. The Balaban J connectivity index is 2.71. The van der Waals surface area contributed by atoms with E-state index in [1.54, 1.807) is 0 Å². The summed E-state index contributed by atoms with van der Waals surface area (Å²) in [4.78, 5) is 35.7. The lowest BCUT2D eigenvalue weighted by Crippen LogP contribution is -2.59. The summed E-state index contributed by atoms with van der Waals surface area (Å²) in [6, 6.07) is -2.46. The van der Waals surface area contributed by atoms with Gasteiger partial charge in [-0.05, 0) is 12.3 Å². The van der Waals surface area contributed by atoms with Gasteiger partial charge in [-0.1, -0.05) is 13.8 Å².